The third-order valence-corrected chi connectivity index (χ3v) is 5.61. The van der Waals surface area contributed by atoms with Gasteiger partial charge >= 0.3 is 6.03 Å². The molecule has 3 aromatic rings. The Morgan fingerprint density at radius 2 is 1.68 bits per heavy atom. The number of methoxy groups -OCH3 is 2. The molecule has 0 aromatic heterocycles. The fourth-order valence-electron chi connectivity index (χ4n) is 3.93. The zero-order chi connectivity index (χ0) is 22.2. The highest BCUT2D eigenvalue weighted by molar-refractivity contribution is 6.12. The number of nitrogens with one attached hydrogen (secondary N) is 1. The fraction of sp³-hybridized carbons (Fsp3) is 0.208. The first kappa shape index (κ1) is 20.4. The Kier molecular flexibility index (Phi) is 5.10. The van der Waals surface area contributed by atoms with E-state index in [0.29, 0.717) is 22.6 Å². The monoisotopic (exact) mass is 418 g/mol. The van der Waals surface area contributed by atoms with Gasteiger partial charge in [-0.2, -0.15) is 0 Å². The van der Waals surface area contributed by atoms with Gasteiger partial charge in [0.2, 0.25) is 0 Å². The van der Waals surface area contributed by atoms with E-state index in [4.69, 9.17) is 9.47 Å². The number of carbonyl (C=O) groups is 3. The van der Waals surface area contributed by atoms with Crippen LogP contribution < -0.4 is 14.8 Å². The van der Waals surface area contributed by atoms with Crippen LogP contribution in [0.2, 0.25) is 0 Å². The first-order valence-electron chi connectivity index (χ1n) is 9.76. The first-order valence-corrected chi connectivity index (χ1v) is 9.76. The Balaban J connectivity index is 1.63. The van der Waals surface area contributed by atoms with Crippen LogP contribution in [0.3, 0.4) is 0 Å². The van der Waals surface area contributed by atoms with Gasteiger partial charge in [-0.05, 0) is 41.5 Å². The number of rotatable bonds is 6. The molecule has 1 N–H and O–H groups in total. The minimum absolute atomic E-state index is 0.317. The second kappa shape index (κ2) is 7.75. The lowest BCUT2D eigenvalue weighted by Crippen LogP contribution is -2.41. The van der Waals surface area contributed by atoms with Crippen LogP contribution in [-0.2, 0) is 10.3 Å². The highest BCUT2D eigenvalue weighted by Crippen LogP contribution is 2.34. The predicted octanol–water partition coefficient (Wildman–Crippen LogP) is 3.51. The van der Waals surface area contributed by atoms with Crippen LogP contribution in [0.1, 0.15) is 22.8 Å². The van der Waals surface area contributed by atoms with Crippen molar-refractivity contribution < 1.29 is 23.9 Å². The van der Waals surface area contributed by atoms with Crippen LogP contribution in [0.15, 0.2) is 60.7 Å². The molecule has 158 valence electrons. The largest absolute Gasteiger partial charge is 0.493 e. The molecule has 3 amide bonds. The van der Waals surface area contributed by atoms with Crippen LogP contribution in [0, 0.1) is 0 Å². The molecule has 0 radical (unpaired) electrons. The van der Waals surface area contributed by atoms with Crippen molar-refractivity contribution in [1.29, 1.82) is 0 Å². The average Bonchev–Trinajstić information content (AvgIpc) is 3.01. The van der Waals surface area contributed by atoms with Crippen LogP contribution in [0.25, 0.3) is 10.8 Å². The Bertz CT molecular complexity index is 1200. The quantitative estimate of drug-likeness (QED) is 0.489. The van der Waals surface area contributed by atoms with E-state index in [1.165, 1.54) is 20.3 Å². The zero-order valence-corrected chi connectivity index (χ0v) is 17.5. The van der Waals surface area contributed by atoms with E-state index in [1.54, 1.807) is 19.1 Å². The number of nitrogens with zero attached hydrogens (tertiary/aromatic N) is 1. The molecule has 0 bridgehead atoms. The number of ketones is 1. The number of hydrogen-bond donors (Lipinski definition) is 1. The summed E-state index contributed by atoms with van der Waals surface area (Å²) in [5.74, 6) is 0.0259. The van der Waals surface area contributed by atoms with Crippen molar-refractivity contribution in [3.63, 3.8) is 0 Å². The second-order valence-corrected chi connectivity index (χ2v) is 7.47. The molecule has 0 aliphatic carbocycles. The Labute approximate surface area is 179 Å². The molecule has 4 rings (SSSR count). The minimum atomic E-state index is -1.27. The molecular formula is C24H22N2O5. The lowest BCUT2D eigenvalue weighted by Gasteiger charge is -2.24. The van der Waals surface area contributed by atoms with Crippen molar-refractivity contribution in [2.24, 2.45) is 0 Å². The number of benzene rings is 3. The van der Waals surface area contributed by atoms with Crippen LogP contribution in [0.4, 0.5) is 4.79 Å². The maximum absolute atomic E-state index is 13.3. The third kappa shape index (κ3) is 3.38. The summed E-state index contributed by atoms with van der Waals surface area (Å²) in [5.41, 5.74) is -0.266. The summed E-state index contributed by atoms with van der Waals surface area (Å²) in [6, 6.07) is 17.4. The molecule has 0 saturated carbocycles. The van der Waals surface area contributed by atoms with Gasteiger partial charge in [0, 0.05) is 5.56 Å². The smallest absolute Gasteiger partial charge is 0.325 e. The summed E-state index contributed by atoms with van der Waals surface area (Å²) >= 11 is 0. The standard InChI is InChI=1S/C24H22N2O5/c1-24(18-10-6-8-15-7-4-5-9-17(15)18)22(28)26(23(29)25-24)14-19(27)16-11-12-20(30-2)21(13-16)31-3/h4-13H,14H2,1-3H3,(H,25,29). The summed E-state index contributed by atoms with van der Waals surface area (Å²) in [6.45, 7) is 1.29. The Morgan fingerprint density at radius 1 is 0.968 bits per heavy atom. The van der Waals surface area contributed by atoms with Crippen LogP contribution >= 0.6 is 0 Å². The number of hydrogen-bond acceptors (Lipinski definition) is 5. The highest BCUT2D eigenvalue weighted by atomic mass is 16.5. The maximum atomic E-state index is 13.3. The molecule has 3 aromatic carbocycles. The molecule has 1 atom stereocenters. The number of amides is 3. The van der Waals surface area contributed by atoms with Crippen molar-refractivity contribution in [3.8, 4) is 11.5 Å². The van der Waals surface area contributed by atoms with Gasteiger partial charge < -0.3 is 14.8 Å². The van der Waals surface area contributed by atoms with E-state index in [0.717, 1.165) is 15.7 Å². The van der Waals surface area contributed by atoms with E-state index in [-0.39, 0.29) is 12.3 Å². The summed E-state index contributed by atoms with van der Waals surface area (Å²) in [4.78, 5) is 39.8. The molecule has 7 heteroatoms. The number of urea groups is 1. The maximum Gasteiger partial charge on any atom is 0.325 e. The van der Waals surface area contributed by atoms with Gasteiger partial charge in [-0.3, -0.25) is 14.5 Å². The van der Waals surface area contributed by atoms with Gasteiger partial charge in [0.1, 0.15) is 5.54 Å². The molecule has 1 fully saturated rings. The molecule has 0 spiro atoms. The molecular weight excluding hydrogens is 396 g/mol. The molecule has 1 aliphatic heterocycles. The van der Waals surface area contributed by atoms with E-state index in [9.17, 15) is 14.4 Å². The van der Waals surface area contributed by atoms with Gasteiger partial charge in [0.25, 0.3) is 5.91 Å². The normalized spacial score (nSPS) is 18.2. The van der Waals surface area contributed by atoms with Gasteiger partial charge in [0.15, 0.2) is 17.3 Å². The van der Waals surface area contributed by atoms with Gasteiger partial charge in [-0.1, -0.05) is 42.5 Å². The fourth-order valence-corrected chi connectivity index (χ4v) is 3.93. The molecule has 1 unspecified atom stereocenters. The molecule has 1 aliphatic rings. The molecule has 1 saturated heterocycles. The third-order valence-electron chi connectivity index (χ3n) is 5.61. The number of carbonyl (C=O) groups excluding carboxylic acids is 3. The van der Waals surface area contributed by atoms with E-state index >= 15 is 0 Å². The van der Waals surface area contributed by atoms with Crippen LogP contribution in [0.5, 0.6) is 11.5 Å². The Morgan fingerprint density at radius 3 is 2.42 bits per heavy atom. The number of imide groups is 1. The molecule has 7 nitrogen and oxygen atoms in total. The van der Waals surface area contributed by atoms with E-state index < -0.39 is 17.5 Å². The van der Waals surface area contributed by atoms with Crippen molar-refractivity contribution in [1.82, 2.24) is 10.2 Å². The number of Topliss-reactive ketones (excluding diaryl/α,β-unsaturated/α-hetero) is 1. The van der Waals surface area contributed by atoms with Gasteiger partial charge in [-0.15, -0.1) is 0 Å². The molecule has 1 heterocycles. The topological polar surface area (TPSA) is 84.9 Å². The highest BCUT2D eigenvalue weighted by Gasteiger charge is 2.50. The summed E-state index contributed by atoms with van der Waals surface area (Å²) in [7, 11) is 2.97. The van der Waals surface area contributed by atoms with E-state index in [1.807, 2.05) is 42.5 Å². The summed E-state index contributed by atoms with van der Waals surface area (Å²) in [6.07, 6.45) is 0. The van der Waals surface area contributed by atoms with Crippen molar-refractivity contribution in [2.45, 2.75) is 12.5 Å². The SMILES string of the molecule is COc1ccc(C(=O)CN2C(=O)NC(C)(c3cccc4ccccc34)C2=O)cc1OC. The predicted molar refractivity (Wildman–Crippen MR) is 115 cm³/mol. The Hall–Kier alpha value is -3.87. The lowest BCUT2D eigenvalue weighted by molar-refractivity contribution is -0.130. The second-order valence-electron chi connectivity index (χ2n) is 7.47. The summed E-state index contributed by atoms with van der Waals surface area (Å²) < 4.78 is 10.4. The summed E-state index contributed by atoms with van der Waals surface area (Å²) in [5, 5.41) is 4.61. The van der Waals surface area contributed by atoms with Crippen molar-refractivity contribution in [2.75, 3.05) is 20.8 Å². The van der Waals surface area contributed by atoms with Crippen molar-refractivity contribution >= 4 is 28.5 Å². The van der Waals surface area contributed by atoms with Gasteiger partial charge in [0.05, 0.1) is 20.8 Å². The van der Waals surface area contributed by atoms with Crippen molar-refractivity contribution in [3.05, 3.63) is 71.8 Å². The van der Waals surface area contributed by atoms with Crippen LogP contribution in [-0.4, -0.2) is 43.4 Å². The lowest BCUT2D eigenvalue weighted by atomic mass is 9.88. The van der Waals surface area contributed by atoms with E-state index in [2.05, 4.69) is 5.32 Å². The number of fused-ring (bicyclic) bond motifs is 1. The molecule has 31 heavy (non-hydrogen) atoms. The average molecular weight is 418 g/mol. The zero-order valence-electron chi connectivity index (χ0n) is 17.5. The minimum Gasteiger partial charge on any atom is -0.493 e. The first-order chi connectivity index (χ1) is 14.9. The van der Waals surface area contributed by atoms with Gasteiger partial charge in [-0.25, -0.2) is 4.79 Å². The number of ether oxygens (including phenoxy) is 2.